The SMILES string of the molecule is CC(C)O.CCCO.OCC(O)CO. The quantitative estimate of drug-likeness (QED) is 0.418. The summed E-state index contributed by atoms with van der Waals surface area (Å²) in [6, 6.07) is 0. The van der Waals surface area contributed by atoms with Gasteiger partial charge in [0, 0.05) is 12.7 Å². The van der Waals surface area contributed by atoms with E-state index in [1.807, 2.05) is 6.92 Å². The lowest BCUT2D eigenvalue weighted by Gasteiger charge is -1.96. The van der Waals surface area contributed by atoms with Gasteiger partial charge < -0.3 is 25.5 Å². The predicted octanol–water partition coefficient (Wildman–Crippen LogP) is -0.892. The third-order valence-corrected chi connectivity index (χ3v) is 0.645. The molecule has 0 amide bonds. The van der Waals surface area contributed by atoms with Gasteiger partial charge in [-0.3, -0.25) is 0 Å². The summed E-state index contributed by atoms with van der Waals surface area (Å²) in [5, 5.41) is 39.9. The van der Waals surface area contributed by atoms with Crippen LogP contribution in [0.5, 0.6) is 0 Å². The first-order chi connectivity index (χ1) is 6.45. The smallest absolute Gasteiger partial charge is 0.100 e. The van der Waals surface area contributed by atoms with Crippen molar-refractivity contribution in [2.24, 2.45) is 0 Å². The highest BCUT2D eigenvalue weighted by Crippen LogP contribution is 1.71. The zero-order valence-corrected chi connectivity index (χ0v) is 9.22. The Kier molecular flexibility index (Phi) is 25.7. The van der Waals surface area contributed by atoms with Gasteiger partial charge >= 0.3 is 0 Å². The minimum Gasteiger partial charge on any atom is -0.396 e. The fourth-order valence-corrected chi connectivity index (χ4v) is 0.0577. The third-order valence-electron chi connectivity index (χ3n) is 0.645. The molecule has 0 atom stereocenters. The molecular formula is C9H24O5. The van der Waals surface area contributed by atoms with Gasteiger partial charge in [-0.1, -0.05) is 6.92 Å². The zero-order chi connectivity index (χ0) is 12.0. The van der Waals surface area contributed by atoms with E-state index in [1.54, 1.807) is 13.8 Å². The van der Waals surface area contributed by atoms with Gasteiger partial charge in [-0.2, -0.15) is 0 Å². The van der Waals surface area contributed by atoms with Gasteiger partial charge in [0.05, 0.1) is 13.2 Å². The van der Waals surface area contributed by atoms with Gasteiger partial charge in [0.1, 0.15) is 6.10 Å². The van der Waals surface area contributed by atoms with Crippen molar-refractivity contribution < 1.29 is 25.5 Å². The molecule has 0 aliphatic rings. The van der Waals surface area contributed by atoms with Gasteiger partial charge in [0.25, 0.3) is 0 Å². The summed E-state index contributed by atoms with van der Waals surface area (Å²) in [7, 11) is 0. The van der Waals surface area contributed by atoms with Crippen LogP contribution in [0, 0.1) is 0 Å². The molecule has 0 aliphatic carbocycles. The van der Waals surface area contributed by atoms with E-state index >= 15 is 0 Å². The molecule has 0 spiro atoms. The molecule has 0 aliphatic heterocycles. The fourth-order valence-electron chi connectivity index (χ4n) is 0.0577. The molecule has 0 aromatic heterocycles. The summed E-state index contributed by atoms with van der Waals surface area (Å²) < 4.78 is 0. The minimum absolute atomic E-state index is 0.167. The van der Waals surface area contributed by atoms with Crippen molar-refractivity contribution >= 4 is 0 Å². The Balaban J connectivity index is -0.000000135. The van der Waals surface area contributed by atoms with Gasteiger partial charge in [0.15, 0.2) is 0 Å². The summed E-state index contributed by atoms with van der Waals surface area (Å²) in [6.07, 6.45) is -0.245. The second-order valence-corrected chi connectivity index (χ2v) is 2.84. The number of aliphatic hydroxyl groups is 5. The normalized spacial score (nSPS) is 9.00. The molecular weight excluding hydrogens is 188 g/mol. The highest BCUT2D eigenvalue weighted by Gasteiger charge is 1.93. The average Bonchev–Trinajstić information content (AvgIpc) is 2.16. The molecule has 0 heterocycles. The van der Waals surface area contributed by atoms with Crippen LogP contribution in [0.4, 0.5) is 0 Å². The maximum Gasteiger partial charge on any atom is 0.100 e. The monoisotopic (exact) mass is 212 g/mol. The summed E-state index contributed by atoms with van der Waals surface area (Å²) in [4.78, 5) is 0. The minimum atomic E-state index is -0.954. The lowest BCUT2D eigenvalue weighted by atomic mass is 10.4. The van der Waals surface area contributed by atoms with E-state index in [-0.39, 0.29) is 19.3 Å². The van der Waals surface area contributed by atoms with E-state index in [1.165, 1.54) is 0 Å². The van der Waals surface area contributed by atoms with Crippen molar-refractivity contribution in [1.82, 2.24) is 0 Å². The van der Waals surface area contributed by atoms with Crippen LogP contribution in [0.15, 0.2) is 0 Å². The van der Waals surface area contributed by atoms with Gasteiger partial charge in [-0.25, -0.2) is 0 Å². The second kappa shape index (κ2) is 18.6. The summed E-state index contributed by atoms with van der Waals surface area (Å²) >= 11 is 0. The molecule has 0 radical (unpaired) electrons. The van der Waals surface area contributed by atoms with Crippen LogP contribution in [0.2, 0.25) is 0 Å². The van der Waals surface area contributed by atoms with Crippen LogP contribution in [-0.4, -0.2) is 57.6 Å². The molecule has 0 unspecified atom stereocenters. The number of aliphatic hydroxyl groups excluding tert-OH is 5. The van der Waals surface area contributed by atoms with E-state index in [0.29, 0.717) is 6.61 Å². The van der Waals surface area contributed by atoms with Crippen LogP contribution in [0.25, 0.3) is 0 Å². The average molecular weight is 212 g/mol. The Labute approximate surface area is 85.6 Å². The molecule has 0 bridgehead atoms. The van der Waals surface area contributed by atoms with E-state index in [2.05, 4.69) is 0 Å². The Bertz CT molecular complexity index is 68.8. The molecule has 0 rings (SSSR count). The molecule has 90 valence electrons. The third kappa shape index (κ3) is 59.7. The molecule has 0 fully saturated rings. The summed E-state index contributed by atoms with van der Waals surface area (Å²) in [5.41, 5.74) is 0. The summed E-state index contributed by atoms with van der Waals surface area (Å²) in [6.45, 7) is 4.97. The molecule has 14 heavy (non-hydrogen) atoms. The van der Waals surface area contributed by atoms with Crippen LogP contribution in [0.1, 0.15) is 27.2 Å². The summed E-state index contributed by atoms with van der Waals surface area (Å²) in [5.74, 6) is 0. The van der Waals surface area contributed by atoms with Crippen LogP contribution in [0.3, 0.4) is 0 Å². The maximum absolute atomic E-state index is 8.17. The molecule has 5 nitrogen and oxygen atoms in total. The van der Waals surface area contributed by atoms with Gasteiger partial charge in [-0.15, -0.1) is 0 Å². The Morgan fingerprint density at radius 1 is 0.929 bits per heavy atom. The lowest BCUT2D eigenvalue weighted by Crippen LogP contribution is -2.15. The first-order valence-electron chi connectivity index (χ1n) is 4.64. The fraction of sp³-hybridized carbons (Fsp3) is 1.00. The molecule has 0 saturated heterocycles. The molecule has 0 aromatic carbocycles. The maximum atomic E-state index is 8.17. The van der Waals surface area contributed by atoms with Crippen molar-refractivity contribution in [3.8, 4) is 0 Å². The molecule has 0 saturated carbocycles. The number of rotatable bonds is 3. The van der Waals surface area contributed by atoms with E-state index in [9.17, 15) is 0 Å². The van der Waals surface area contributed by atoms with Crippen molar-refractivity contribution in [1.29, 1.82) is 0 Å². The van der Waals surface area contributed by atoms with Crippen LogP contribution < -0.4 is 0 Å². The van der Waals surface area contributed by atoms with Crippen molar-refractivity contribution in [2.75, 3.05) is 19.8 Å². The van der Waals surface area contributed by atoms with Crippen molar-refractivity contribution in [3.05, 3.63) is 0 Å². The first-order valence-corrected chi connectivity index (χ1v) is 4.64. The van der Waals surface area contributed by atoms with E-state index < -0.39 is 6.10 Å². The Morgan fingerprint density at radius 2 is 1.14 bits per heavy atom. The largest absolute Gasteiger partial charge is 0.396 e. The second-order valence-electron chi connectivity index (χ2n) is 2.84. The predicted molar refractivity (Wildman–Crippen MR) is 54.9 cm³/mol. The Morgan fingerprint density at radius 3 is 1.14 bits per heavy atom. The molecule has 5 heteroatoms. The number of hydrogen-bond acceptors (Lipinski definition) is 5. The van der Waals surface area contributed by atoms with Crippen LogP contribution in [-0.2, 0) is 0 Å². The molecule has 0 aromatic rings. The van der Waals surface area contributed by atoms with E-state index in [0.717, 1.165) is 6.42 Å². The van der Waals surface area contributed by atoms with E-state index in [4.69, 9.17) is 25.5 Å². The van der Waals surface area contributed by atoms with Crippen LogP contribution >= 0.6 is 0 Å². The Hall–Kier alpha value is -0.200. The first kappa shape index (κ1) is 19.4. The number of hydrogen-bond donors (Lipinski definition) is 5. The van der Waals surface area contributed by atoms with Gasteiger partial charge in [0.2, 0.25) is 0 Å². The molecule has 5 N–H and O–H groups in total. The standard InChI is InChI=1S/C3H8O3.2C3H8O/c4-1-3(6)2-5;1-3(2)4;1-2-3-4/h3-6H,1-2H2;3-4H,1-2H3;4H,2-3H2,1H3. The lowest BCUT2D eigenvalue weighted by molar-refractivity contribution is 0.0450. The highest BCUT2D eigenvalue weighted by molar-refractivity contribution is 4.44. The highest BCUT2D eigenvalue weighted by atomic mass is 16.3. The zero-order valence-electron chi connectivity index (χ0n) is 9.22. The van der Waals surface area contributed by atoms with Gasteiger partial charge in [-0.05, 0) is 20.3 Å². The van der Waals surface area contributed by atoms with Crippen molar-refractivity contribution in [2.45, 2.75) is 39.4 Å². The topological polar surface area (TPSA) is 101 Å². The van der Waals surface area contributed by atoms with Crippen molar-refractivity contribution in [3.63, 3.8) is 0 Å².